The Morgan fingerprint density at radius 3 is 2.57 bits per heavy atom. The summed E-state index contributed by atoms with van der Waals surface area (Å²) in [5.74, 6) is 0. The van der Waals surface area contributed by atoms with Gasteiger partial charge >= 0.3 is 0 Å². The van der Waals surface area contributed by atoms with Crippen molar-refractivity contribution in [1.29, 1.82) is 0 Å². The van der Waals surface area contributed by atoms with E-state index < -0.39 is 5.54 Å². The van der Waals surface area contributed by atoms with Crippen molar-refractivity contribution >= 4 is 11.3 Å². The third-order valence-corrected chi connectivity index (χ3v) is 8.34. The molecule has 7 heteroatoms. The molecule has 2 aliphatic rings. The maximum Gasteiger partial charge on any atom is 0.137 e. The fraction of sp³-hybridized carbons (Fsp3) is 0.229. The maximum atomic E-state index is 5.50. The summed E-state index contributed by atoms with van der Waals surface area (Å²) in [6.07, 6.45) is 14.5. The number of morpholine rings is 1. The Hall–Kier alpha value is -4.75. The molecular formula is C35H34N6O. The second kappa shape index (κ2) is 10.9. The van der Waals surface area contributed by atoms with Crippen LogP contribution in [0.4, 0.5) is 5.69 Å². The van der Waals surface area contributed by atoms with Crippen molar-refractivity contribution in [2.45, 2.75) is 19.4 Å². The molecule has 5 aromatic rings. The molecule has 0 amide bonds. The second-order valence-electron chi connectivity index (χ2n) is 10.8. The van der Waals surface area contributed by atoms with Gasteiger partial charge in [-0.05, 0) is 80.1 Å². The summed E-state index contributed by atoms with van der Waals surface area (Å²) in [5.41, 5.74) is 8.86. The topological polar surface area (TPSA) is 58.8 Å². The number of benzene rings is 1. The van der Waals surface area contributed by atoms with Crippen LogP contribution in [-0.2, 0) is 10.3 Å². The van der Waals surface area contributed by atoms with E-state index in [9.17, 15) is 0 Å². The van der Waals surface area contributed by atoms with Crippen molar-refractivity contribution in [2.24, 2.45) is 0 Å². The molecule has 42 heavy (non-hydrogen) atoms. The average Bonchev–Trinajstić information content (AvgIpc) is 3.49. The lowest BCUT2D eigenvalue weighted by Crippen LogP contribution is -2.44. The van der Waals surface area contributed by atoms with E-state index in [1.54, 1.807) is 0 Å². The van der Waals surface area contributed by atoms with Crippen LogP contribution in [-0.4, -0.2) is 57.1 Å². The molecule has 1 unspecified atom stereocenters. The monoisotopic (exact) mass is 554 g/mol. The van der Waals surface area contributed by atoms with Crippen LogP contribution in [0.25, 0.3) is 28.2 Å². The number of nitrogens with zero attached hydrogens (tertiary/aromatic N) is 6. The van der Waals surface area contributed by atoms with E-state index in [-0.39, 0.29) is 0 Å². The molecule has 7 rings (SSSR count). The van der Waals surface area contributed by atoms with Crippen LogP contribution in [0, 0.1) is 6.92 Å². The van der Waals surface area contributed by atoms with Gasteiger partial charge in [-0.15, -0.1) is 0 Å². The lowest BCUT2D eigenvalue weighted by atomic mass is 9.83. The molecule has 0 N–H and O–H groups in total. The van der Waals surface area contributed by atoms with E-state index in [0.717, 1.165) is 78.0 Å². The Bertz CT molecular complexity index is 1780. The van der Waals surface area contributed by atoms with Crippen LogP contribution in [0.5, 0.6) is 0 Å². The first kappa shape index (κ1) is 26.2. The van der Waals surface area contributed by atoms with Gasteiger partial charge in [0.15, 0.2) is 0 Å². The zero-order valence-corrected chi connectivity index (χ0v) is 24.0. The van der Waals surface area contributed by atoms with E-state index in [1.807, 2.05) is 25.4 Å². The highest BCUT2D eigenvalue weighted by molar-refractivity contribution is 5.71. The summed E-state index contributed by atoms with van der Waals surface area (Å²) in [6.45, 7) is 8.47. The molecule has 0 radical (unpaired) electrons. The summed E-state index contributed by atoms with van der Waals surface area (Å²) < 4.78 is 7.65. The van der Waals surface area contributed by atoms with Crippen molar-refractivity contribution in [3.8, 4) is 22.5 Å². The highest BCUT2D eigenvalue weighted by atomic mass is 16.5. The van der Waals surface area contributed by atoms with Crippen LogP contribution in [0.2, 0.25) is 0 Å². The molecule has 7 nitrogen and oxygen atoms in total. The summed E-state index contributed by atoms with van der Waals surface area (Å²) >= 11 is 0. The highest BCUT2D eigenvalue weighted by Gasteiger charge is 2.39. The number of pyridine rings is 3. The minimum absolute atomic E-state index is 0.513. The van der Waals surface area contributed by atoms with Crippen LogP contribution in [0.3, 0.4) is 0 Å². The van der Waals surface area contributed by atoms with E-state index >= 15 is 0 Å². The van der Waals surface area contributed by atoms with Crippen molar-refractivity contribution in [2.75, 3.05) is 37.7 Å². The maximum absolute atomic E-state index is 5.50. The zero-order chi connectivity index (χ0) is 28.5. The highest BCUT2D eigenvalue weighted by Crippen LogP contribution is 2.39. The Kier molecular flexibility index (Phi) is 6.80. The molecule has 1 aromatic carbocycles. The first-order valence-electron chi connectivity index (χ1n) is 14.6. The fourth-order valence-electron chi connectivity index (χ4n) is 6.16. The number of allylic oxidation sites excluding steroid dienone is 2. The SMILES string of the molecule is CCN1C=CC=CC1(c1ccn2c(-c3ccnc(-c4ccc(N5CCOCC5)cc4)c3)cnc2c1)c1cccc(C)n1. The summed E-state index contributed by atoms with van der Waals surface area (Å²) in [6, 6.07) is 23.5. The van der Waals surface area contributed by atoms with E-state index in [4.69, 9.17) is 19.7 Å². The Morgan fingerprint density at radius 2 is 1.76 bits per heavy atom. The van der Waals surface area contributed by atoms with Gasteiger partial charge in [0, 0.05) is 60.7 Å². The molecule has 6 heterocycles. The summed E-state index contributed by atoms with van der Waals surface area (Å²) in [5, 5.41) is 0. The fourth-order valence-corrected chi connectivity index (χ4v) is 6.16. The van der Waals surface area contributed by atoms with Crippen LogP contribution < -0.4 is 4.90 Å². The van der Waals surface area contributed by atoms with Crippen molar-refractivity contribution < 1.29 is 4.74 Å². The number of ether oxygens (including phenoxy) is 1. The second-order valence-corrected chi connectivity index (χ2v) is 10.8. The first-order valence-corrected chi connectivity index (χ1v) is 14.6. The van der Waals surface area contributed by atoms with Crippen molar-refractivity contribution in [3.05, 3.63) is 127 Å². The van der Waals surface area contributed by atoms with Gasteiger partial charge in [0.1, 0.15) is 11.2 Å². The minimum atomic E-state index is -0.513. The van der Waals surface area contributed by atoms with E-state index in [0.29, 0.717) is 0 Å². The Morgan fingerprint density at radius 1 is 0.905 bits per heavy atom. The van der Waals surface area contributed by atoms with Gasteiger partial charge in [-0.2, -0.15) is 0 Å². The van der Waals surface area contributed by atoms with Gasteiger partial charge in [0.05, 0.1) is 36.5 Å². The normalized spacial score (nSPS) is 18.6. The third kappa shape index (κ3) is 4.56. The number of aryl methyl sites for hydroxylation is 1. The molecule has 1 fully saturated rings. The van der Waals surface area contributed by atoms with Gasteiger partial charge < -0.3 is 14.5 Å². The molecule has 1 atom stereocenters. The molecule has 1 saturated heterocycles. The molecule has 0 saturated carbocycles. The lowest BCUT2D eigenvalue weighted by molar-refractivity contribution is 0.122. The molecule has 0 bridgehead atoms. The average molecular weight is 555 g/mol. The molecule has 0 spiro atoms. The number of aromatic nitrogens is 4. The van der Waals surface area contributed by atoms with Crippen LogP contribution in [0.1, 0.15) is 23.9 Å². The third-order valence-electron chi connectivity index (χ3n) is 8.34. The Labute approximate surface area is 246 Å². The minimum Gasteiger partial charge on any atom is -0.378 e. The van der Waals surface area contributed by atoms with Gasteiger partial charge in [-0.1, -0.05) is 24.3 Å². The molecule has 4 aromatic heterocycles. The number of anilines is 1. The molecule has 2 aliphatic heterocycles. The predicted molar refractivity (Wildman–Crippen MR) is 167 cm³/mol. The van der Waals surface area contributed by atoms with Gasteiger partial charge in [0.2, 0.25) is 0 Å². The predicted octanol–water partition coefficient (Wildman–Crippen LogP) is 6.25. The molecule has 0 aliphatic carbocycles. The van der Waals surface area contributed by atoms with E-state index in [2.05, 4.69) is 112 Å². The number of rotatable bonds is 6. The number of hydrogen-bond donors (Lipinski definition) is 0. The molecular weight excluding hydrogens is 520 g/mol. The first-order chi connectivity index (χ1) is 20.7. The smallest absolute Gasteiger partial charge is 0.137 e. The van der Waals surface area contributed by atoms with E-state index in [1.165, 1.54) is 5.69 Å². The summed E-state index contributed by atoms with van der Waals surface area (Å²) in [4.78, 5) is 19.2. The number of hydrogen-bond acceptors (Lipinski definition) is 6. The number of likely N-dealkylation sites (N-methyl/N-ethyl adjacent to an activating group) is 1. The van der Waals surface area contributed by atoms with Crippen molar-refractivity contribution in [3.63, 3.8) is 0 Å². The molecule has 210 valence electrons. The van der Waals surface area contributed by atoms with Crippen molar-refractivity contribution in [1.82, 2.24) is 24.3 Å². The van der Waals surface area contributed by atoms with Gasteiger partial charge in [-0.3, -0.25) is 14.4 Å². The quantitative estimate of drug-likeness (QED) is 0.247. The van der Waals surface area contributed by atoms with Crippen LogP contribution in [0.15, 0.2) is 110 Å². The summed E-state index contributed by atoms with van der Waals surface area (Å²) in [7, 11) is 0. The standard InChI is InChI=1S/C35H34N6O/c1-3-40-17-5-4-15-35(40,33-8-6-7-26(2)38-33)29-14-18-41-32(25-37-34(41)24-29)28-13-16-36-31(23-28)27-9-11-30(12-10-27)39-19-21-42-22-20-39/h4-18,23-25H,3,19-22H2,1-2H3. The number of imidazole rings is 1. The lowest BCUT2D eigenvalue weighted by Gasteiger charge is -2.42. The Balaban J connectivity index is 1.24. The largest absolute Gasteiger partial charge is 0.378 e. The van der Waals surface area contributed by atoms with Gasteiger partial charge in [-0.25, -0.2) is 4.98 Å². The van der Waals surface area contributed by atoms with Gasteiger partial charge in [0.25, 0.3) is 0 Å². The zero-order valence-electron chi connectivity index (χ0n) is 24.0. The van der Waals surface area contributed by atoms with Crippen LogP contribution >= 0.6 is 0 Å². The number of fused-ring (bicyclic) bond motifs is 1.